The summed E-state index contributed by atoms with van der Waals surface area (Å²) in [5.74, 6) is 7.18. The Morgan fingerprint density at radius 3 is 2.78 bits per heavy atom. The van der Waals surface area contributed by atoms with Gasteiger partial charge in [0.15, 0.2) is 0 Å². The topological polar surface area (TPSA) is 64.4 Å². The van der Waals surface area contributed by atoms with Crippen LogP contribution in [0.1, 0.15) is 59.2 Å². The number of aromatic nitrogens is 1. The van der Waals surface area contributed by atoms with Crippen LogP contribution >= 0.6 is 11.3 Å². The van der Waals surface area contributed by atoms with E-state index in [0.717, 1.165) is 17.0 Å². The lowest BCUT2D eigenvalue weighted by atomic mass is 10.1. The number of carbonyl (C=O) groups excluding carboxylic acids is 1. The second kappa shape index (κ2) is 8.52. The maximum atomic E-state index is 12.4. The lowest BCUT2D eigenvalue weighted by Gasteiger charge is -2.13. The summed E-state index contributed by atoms with van der Waals surface area (Å²) in [6, 6.07) is 18.1. The molecule has 160 valence electrons. The standard InChI is InChI=1S/C26H22N2O3S/c1-16-25(27-26(29)30-17(2)19-6-4-3-5-7-19)22(31-28-16)13-9-18-8-10-21-15-24(20-11-12-20)32-23(21)14-18/h3-8,10,14-15,17,20H,11-12H2,1-2H3,(H,27,29). The Bertz CT molecular complexity index is 1340. The van der Waals surface area contributed by atoms with Crippen LogP contribution < -0.4 is 5.32 Å². The Kier molecular flexibility index (Phi) is 5.42. The van der Waals surface area contributed by atoms with E-state index in [1.54, 1.807) is 6.92 Å². The van der Waals surface area contributed by atoms with Crippen molar-refractivity contribution in [2.75, 3.05) is 5.32 Å². The summed E-state index contributed by atoms with van der Waals surface area (Å²) in [6.45, 7) is 3.58. The molecule has 1 aliphatic carbocycles. The molecule has 6 heteroatoms. The van der Waals surface area contributed by atoms with Gasteiger partial charge in [0.1, 0.15) is 17.5 Å². The Morgan fingerprint density at radius 2 is 2.00 bits per heavy atom. The van der Waals surface area contributed by atoms with Gasteiger partial charge in [-0.25, -0.2) is 4.79 Å². The lowest BCUT2D eigenvalue weighted by molar-refractivity contribution is 0.121. The van der Waals surface area contributed by atoms with Crippen LogP contribution in [0.5, 0.6) is 0 Å². The zero-order chi connectivity index (χ0) is 22.1. The molecule has 1 saturated carbocycles. The molecule has 1 aliphatic rings. The Labute approximate surface area is 190 Å². The number of nitrogens with zero attached hydrogens (tertiary/aromatic N) is 1. The van der Waals surface area contributed by atoms with Crippen LogP contribution in [-0.4, -0.2) is 11.2 Å². The summed E-state index contributed by atoms with van der Waals surface area (Å²) in [5.41, 5.74) is 2.78. The van der Waals surface area contributed by atoms with E-state index in [4.69, 9.17) is 9.26 Å². The minimum absolute atomic E-state index is 0.303. The number of nitrogens with one attached hydrogen (secondary N) is 1. The predicted octanol–water partition coefficient (Wildman–Crippen LogP) is 6.78. The number of carbonyl (C=O) groups is 1. The second-order valence-electron chi connectivity index (χ2n) is 7.98. The molecule has 0 spiro atoms. The summed E-state index contributed by atoms with van der Waals surface area (Å²) < 4.78 is 12.1. The van der Waals surface area contributed by atoms with E-state index in [2.05, 4.69) is 40.5 Å². The molecule has 32 heavy (non-hydrogen) atoms. The number of rotatable bonds is 4. The van der Waals surface area contributed by atoms with E-state index in [0.29, 0.717) is 17.1 Å². The zero-order valence-electron chi connectivity index (χ0n) is 17.8. The minimum atomic E-state index is -0.580. The first-order chi connectivity index (χ1) is 15.6. The van der Waals surface area contributed by atoms with Crippen LogP contribution in [0.3, 0.4) is 0 Å². The van der Waals surface area contributed by atoms with Crippen LogP contribution in [0.25, 0.3) is 10.1 Å². The molecule has 0 bridgehead atoms. The van der Waals surface area contributed by atoms with Crippen LogP contribution in [0.2, 0.25) is 0 Å². The maximum Gasteiger partial charge on any atom is 0.412 e. The smallest absolute Gasteiger partial charge is 0.412 e. The molecule has 0 aliphatic heterocycles. The van der Waals surface area contributed by atoms with Crippen molar-refractivity contribution >= 4 is 33.2 Å². The monoisotopic (exact) mass is 442 g/mol. The number of amides is 1. The van der Waals surface area contributed by atoms with E-state index in [1.807, 2.05) is 54.7 Å². The number of anilines is 1. The average Bonchev–Trinajstić information content (AvgIpc) is 3.48. The highest BCUT2D eigenvalue weighted by molar-refractivity contribution is 7.19. The van der Waals surface area contributed by atoms with Crippen molar-refractivity contribution in [3.63, 3.8) is 0 Å². The molecule has 5 rings (SSSR count). The molecule has 4 aromatic rings. The van der Waals surface area contributed by atoms with Gasteiger partial charge in [-0.3, -0.25) is 5.32 Å². The highest BCUT2D eigenvalue weighted by atomic mass is 32.1. The first-order valence-electron chi connectivity index (χ1n) is 10.6. The number of benzene rings is 2. The van der Waals surface area contributed by atoms with Gasteiger partial charge in [-0.05, 0) is 67.7 Å². The lowest BCUT2D eigenvalue weighted by Crippen LogP contribution is -2.16. The molecule has 5 nitrogen and oxygen atoms in total. The fourth-order valence-electron chi connectivity index (χ4n) is 3.51. The molecule has 0 radical (unpaired) electrons. The van der Waals surface area contributed by atoms with Crippen LogP contribution in [0.15, 0.2) is 59.1 Å². The summed E-state index contributed by atoms with van der Waals surface area (Å²) in [5, 5.41) is 7.94. The number of aryl methyl sites for hydroxylation is 1. The summed E-state index contributed by atoms with van der Waals surface area (Å²) in [6.07, 6.45) is 1.63. The molecule has 1 amide bonds. The molecule has 2 aromatic carbocycles. The Morgan fingerprint density at radius 1 is 1.19 bits per heavy atom. The number of hydrogen-bond donors (Lipinski definition) is 1. The van der Waals surface area contributed by atoms with Crippen molar-refractivity contribution in [3.8, 4) is 11.8 Å². The quantitative estimate of drug-likeness (QED) is 0.354. The maximum absolute atomic E-state index is 12.4. The van der Waals surface area contributed by atoms with Gasteiger partial charge in [-0.15, -0.1) is 11.3 Å². The molecule has 1 fully saturated rings. The average molecular weight is 443 g/mol. The molecule has 1 unspecified atom stereocenters. The van der Waals surface area contributed by atoms with Crippen molar-refractivity contribution in [2.24, 2.45) is 0 Å². The van der Waals surface area contributed by atoms with Gasteiger partial charge >= 0.3 is 6.09 Å². The van der Waals surface area contributed by atoms with Crippen molar-refractivity contribution in [1.29, 1.82) is 0 Å². The molecule has 1 atom stereocenters. The van der Waals surface area contributed by atoms with E-state index in [-0.39, 0.29) is 6.10 Å². The number of fused-ring (bicyclic) bond motifs is 1. The largest absolute Gasteiger partial charge is 0.441 e. The highest BCUT2D eigenvalue weighted by Crippen LogP contribution is 2.45. The molecule has 2 aromatic heterocycles. The van der Waals surface area contributed by atoms with Crippen molar-refractivity contribution < 1.29 is 14.1 Å². The Hall–Kier alpha value is -3.56. The number of hydrogen-bond acceptors (Lipinski definition) is 5. The highest BCUT2D eigenvalue weighted by Gasteiger charge is 2.25. The SMILES string of the molecule is Cc1noc(C#Cc2ccc3cc(C4CC4)sc3c2)c1NC(=O)OC(C)c1ccccc1. The first-order valence-corrected chi connectivity index (χ1v) is 11.4. The molecule has 0 saturated heterocycles. The van der Waals surface area contributed by atoms with E-state index in [1.165, 1.54) is 27.8 Å². The van der Waals surface area contributed by atoms with Gasteiger partial charge in [0.05, 0.1) is 0 Å². The van der Waals surface area contributed by atoms with Gasteiger partial charge in [-0.1, -0.05) is 47.5 Å². The van der Waals surface area contributed by atoms with Crippen molar-refractivity contribution in [3.05, 3.63) is 82.1 Å². The third kappa shape index (κ3) is 4.39. The van der Waals surface area contributed by atoms with Crippen molar-refractivity contribution in [2.45, 2.75) is 38.7 Å². The summed E-state index contributed by atoms with van der Waals surface area (Å²) in [4.78, 5) is 13.9. The molecule has 1 N–H and O–H groups in total. The third-order valence-electron chi connectivity index (χ3n) is 5.48. The van der Waals surface area contributed by atoms with Crippen LogP contribution in [-0.2, 0) is 4.74 Å². The van der Waals surface area contributed by atoms with Crippen molar-refractivity contribution in [1.82, 2.24) is 5.16 Å². The van der Waals surface area contributed by atoms with Gasteiger partial charge in [-0.2, -0.15) is 0 Å². The fraction of sp³-hybridized carbons (Fsp3) is 0.231. The van der Waals surface area contributed by atoms with Gasteiger partial charge in [0, 0.05) is 15.1 Å². The number of ether oxygens (including phenoxy) is 1. The molecule has 2 heterocycles. The van der Waals surface area contributed by atoms with E-state index in [9.17, 15) is 4.79 Å². The third-order valence-corrected chi connectivity index (χ3v) is 6.74. The van der Waals surface area contributed by atoms with Gasteiger partial charge in [0.25, 0.3) is 0 Å². The first kappa shape index (κ1) is 20.3. The fourth-order valence-corrected chi connectivity index (χ4v) is 4.79. The second-order valence-corrected chi connectivity index (χ2v) is 9.10. The molecular formula is C26H22N2O3S. The van der Waals surface area contributed by atoms with E-state index < -0.39 is 6.09 Å². The minimum Gasteiger partial charge on any atom is -0.441 e. The van der Waals surface area contributed by atoms with Gasteiger partial charge < -0.3 is 9.26 Å². The van der Waals surface area contributed by atoms with Crippen LogP contribution in [0.4, 0.5) is 10.5 Å². The summed E-state index contributed by atoms with van der Waals surface area (Å²) >= 11 is 1.85. The Balaban J connectivity index is 1.31. The predicted molar refractivity (Wildman–Crippen MR) is 126 cm³/mol. The molecular weight excluding hydrogens is 420 g/mol. The normalized spacial score (nSPS) is 13.9. The summed E-state index contributed by atoms with van der Waals surface area (Å²) in [7, 11) is 0. The van der Waals surface area contributed by atoms with E-state index >= 15 is 0 Å². The zero-order valence-corrected chi connectivity index (χ0v) is 18.7. The van der Waals surface area contributed by atoms with Crippen LogP contribution in [0, 0.1) is 18.8 Å². The van der Waals surface area contributed by atoms with Gasteiger partial charge in [0.2, 0.25) is 5.76 Å². The number of thiophene rings is 1.